The first-order valence-corrected chi connectivity index (χ1v) is 8.06. The van der Waals surface area contributed by atoms with Gasteiger partial charge >= 0.3 is 0 Å². The lowest BCUT2D eigenvalue weighted by atomic mass is 9.90. The summed E-state index contributed by atoms with van der Waals surface area (Å²) >= 11 is 0. The molecule has 1 aromatic rings. The van der Waals surface area contributed by atoms with Crippen LogP contribution < -0.4 is 0 Å². The van der Waals surface area contributed by atoms with E-state index in [1.165, 1.54) is 50.8 Å². The topological polar surface area (TPSA) is 25.4 Å². The molecule has 3 nitrogen and oxygen atoms in total. The monoisotopic (exact) mass is 274 g/mol. The number of hydrogen-bond acceptors (Lipinski definition) is 3. The number of pyridine rings is 1. The second-order valence-electron chi connectivity index (χ2n) is 6.46. The van der Waals surface area contributed by atoms with Crippen LogP contribution in [0.15, 0.2) is 24.5 Å². The van der Waals surface area contributed by atoms with E-state index in [0.29, 0.717) is 12.2 Å². The van der Waals surface area contributed by atoms with Gasteiger partial charge in [0, 0.05) is 18.9 Å². The molecule has 0 saturated carbocycles. The molecular weight excluding hydrogens is 248 g/mol. The lowest BCUT2D eigenvalue weighted by molar-refractivity contribution is 0.0239. The highest BCUT2D eigenvalue weighted by atomic mass is 16.5. The maximum atomic E-state index is 5.94. The van der Waals surface area contributed by atoms with Crippen molar-refractivity contribution in [3.8, 4) is 0 Å². The summed E-state index contributed by atoms with van der Waals surface area (Å²) in [5.41, 5.74) is 1.39. The summed E-state index contributed by atoms with van der Waals surface area (Å²) in [6.45, 7) is 5.81. The first-order chi connectivity index (χ1) is 9.79. The van der Waals surface area contributed by atoms with Crippen molar-refractivity contribution < 1.29 is 4.74 Å². The van der Waals surface area contributed by atoms with Crippen LogP contribution in [0.4, 0.5) is 0 Å². The first-order valence-electron chi connectivity index (χ1n) is 8.06. The Morgan fingerprint density at radius 2 is 2.10 bits per heavy atom. The van der Waals surface area contributed by atoms with Gasteiger partial charge in [-0.2, -0.15) is 0 Å². The van der Waals surface area contributed by atoms with E-state index in [2.05, 4.69) is 22.9 Å². The Hall–Kier alpha value is -0.930. The van der Waals surface area contributed by atoms with Crippen molar-refractivity contribution in [1.29, 1.82) is 0 Å². The summed E-state index contributed by atoms with van der Waals surface area (Å²) in [6.07, 6.45) is 11.1. The molecule has 0 N–H and O–H groups in total. The van der Waals surface area contributed by atoms with Crippen LogP contribution >= 0.6 is 0 Å². The van der Waals surface area contributed by atoms with E-state index in [4.69, 9.17) is 4.74 Å². The summed E-state index contributed by atoms with van der Waals surface area (Å²) < 4.78 is 5.94. The van der Waals surface area contributed by atoms with Crippen molar-refractivity contribution in [2.45, 2.75) is 51.2 Å². The van der Waals surface area contributed by atoms with Gasteiger partial charge in [0.2, 0.25) is 0 Å². The zero-order valence-electron chi connectivity index (χ0n) is 12.5. The number of likely N-dealkylation sites (tertiary alicyclic amines) is 1. The highest BCUT2D eigenvalue weighted by Gasteiger charge is 2.26. The van der Waals surface area contributed by atoms with Crippen LogP contribution in [0.25, 0.3) is 0 Å². The molecule has 3 rings (SSSR count). The molecule has 2 aliphatic heterocycles. The van der Waals surface area contributed by atoms with Gasteiger partial charge in [-0.3, -0.25) is 4.98 Å². The number of hydrogen-bond donors (Lipinski definition) is 0. The number of nitrogens with zero attached hydrogens (tertiary/aromatic N) is 2. The Labute approximate surface area is 122 Å². The first kappa shape index (κ1) is 14.0. The van der Waals surface area contributed by atoms with Gasteiger partial charge in [0.05, 0.1) is 12.2 Å². The Balaban J connectivity index is 1.41. The predicted octanol–water partition coefficient (Wildman–Crippen LogP) is 2.90. The van der Waals surface area contributed by atoms with Crippen LogP contribution in [-0.2, 0) is 11.2 Å². The van der Waals surface area contributed by atoms with Crippen molar-refractivity contribution in [2.75, 3.05) is 19.6 Å². The minimum atomic E-state index is 0.475. The molecule has 0 bridgehead atoms. The van der Waals surface area contributed by atoms with E-state index in [1.54, 1.807) is 0 Å². The zero-order chi connectivity index (χ0) is 13.8. The fourth-order valence-corrected chi connectivity index (χ4v) is 3.53. The average molecular weight is 274 g/mol. The summed E-state index contributed by atoms with van der Waals surface area (Å²) in [7, 11) is 0. The van der Waals surface area contributed by atoms with Gasteiger partial charge in [0.15, 0.2) is 0 Å². The third kappa shape index (κ3) is 3.80. The van der Waals surface area contributed by atoms with E-state index in [1.807, 2.05) is 18.5 Å². The molecular formula is C17H26N2O. The van der Waals surface area contributed by atoms with Crippen molar-refractivity contribution in [2.24, 2.45) is 5.92 Å². The molecule has 2 aliphatic rings. The van der Waals surface area contributed by atoms with Crippen molar-refractivity contribution in [3.05, 3.63) is 30.1 Å². The molecule has 2 saturated heterocycles. The molecule has 110 valence electrons. The zero-order valence-corrected chi connectivity index (χ0v) is 12.5. The second kappa shape index (κ2) is 6.68. The van der Waals surface area contributed by atoms with Crippen LogP contribution in [0, 0.1) is 5.92 Å². The molecule has 0 aromatic carbocycles. The molecule has 1 aromatic heterocycles. The summed E-state index contributed by atoms with van der Waals surface area (Å²) in [6, 6.07) is 4.25. The van der Waals surface area contributed by atoms with Crippen LogP contribution in [0.3, 0.4) is 0 Å². The standard InChI is InChI=1S/C17H26N2O/c1-14-4-5-17(20-14)13-19-9-6-15(7-10-19)11-16-3-2-8-18-12-16/h2-3,8,12,14-15,17H,4-7,9-11,13H2,1H3/t14-,17-/m1/s1. The minimum absolute atomic E-state index is 0.475. The van der Waals surface area contributed by atoms with Crippen LogP contribution in [0.2, 0.25) is 0 Å². The Bertz CT molecular complexity index is 401. The van der Waals surface area contributed by atoms with E-state index >= 15 is 0 Å². The van der Waals surface area contributed by atoms with E-state index in [9.17, 15) is 0 Å². The lowest BCUT2D eigenvalue weighted by Crippen LogP contribution is -2.39. The molecule has 0 unspecified atom stereocenters. The van der Waals surface area contributed by atoms with E-state index in [-0.39, 0.29) is 0 Å². The third-order valence-corrected chi connectivity index (χ3v) is 4.74. The van der Waals surface area contributed by atoms with Gasteiger partial charge in [-0.15, -0.1) is 0 Å². The molecule has 0 aliphatic carbocycles. The van der Waals surface area contributed by atoms with E-state index < -0.39 is 0 Å². The predicted molar refractivity (Wildman–Crippen MR) is 80.7 cm³/mol. The Kier molecular flexibility index (Phi) is 4.69. The lowest BCUT2D eigenvalue weighted by Gasteiger charge is -2.33. The van der Waals surface area contributed by atoms with Gasteiger partial charge in [0.1, 0.15) is 0 Å². The maximum Gasteiger partial charge on any atom is 0.0706 e. The van der Waals surface area contributed by atoms with Gasteiger partial charge in [-0.05, 0) is 69.7 Å². The number of piperidine rings is 1. The van der Waals surface area contributed by atoms with Crippen LogP contribution in [-0.4, -0.2) is 41.7 Å². The van der Waals surface area contributed by atoms with Gasteiger partial charge in [-0.1, -0.05) is 6.07 Å². The number of aromatic nitrogens is 1. The fraction of sp³-hybridized carbons (Fsp3) is 0.706. The SMILES string of the molecule is C[C@@H]1CC[C@H](CN2CCC(Cc3cccnc3)CC2)O1. The van der Waals surface area contributed by atoms with Crippen molar-refractivity contribution >= 4 is 0 Å². The van der Waals surface area contributed by atoms with Gasteiger partial charge in [-0.25, -0.2) is 0 Å². The minimum Gasteiger partial charge on any atom is -0.374 e. The van der Waals surface area contributed by atoms with Gasteiger partial charge < -0.3 is 9.64 Å². The largest absolute Gasteiger partial charge is 0.374 e. The molecule has 0 amide bonds. The molecule has 2 fully saturated rings. The second-order valence-corrected chi connectivity index (χ2v) is 6.46. The summed E-state index contributed by atoms with van der Waals surface area (Å²) in [5.74, 6) is 0.832. The summed E-state index contributed by atoms with van der Waals surface area (Å²) in [4.78, 5) is 6.81. The Morgan fingerprint density at radius 3 is 2.75 bits per heavy atom. The fourth-order valence-electron chi connectivity index (χ4n) is 3.53. The molecule has 0 spiro atoms. The van der Waals surface area contributed by atoms with E-state index in [0.717, 1.165) is 12.5 Å². The molecule has 0 radical (unpaired) electrons. The van der Waals surface area contributed by atoms with Crippen LogP contribution in [0.1, 0.15) is 38.2 Å². The highest BCUT2D eigenvalue weighted by Crippen LogP contribution is 2.24. The van der Waals surface area contributed by atoms with Gasteiger partial charge in [0.25, 0.3) is 0 Å². The highest BCUT2D eigenvalue weighted by molar-refractivity contribution is 5.09. The molecule has 20 heavy (non-hydrogen) atoms. The normalized spacial score (nSPS) is 28.9. The summed E-state index contributed by atoms with van der Waals surface area (Å²) in [5, 5.41) is 0. The molecule has 3 heterocycles. The maximum absolute atomic E-state index is 5.94. The Morgan fingerprint density at radius 1 is 1.25 bits per heavy atom. The quantitative estimate of drug-likeness (QED) is 0.844. The molecule has 3 heteroatoms. The molecule has 2 atom stereocenters. The van der Waals surface area contributed by atoms with Crippen LogP contribution in [0.5, 0.6) is 0 Å². The average Bonchev–Trinajstić information content (AvgIpc) is 2.88. The number of rotatable bonds is 4. The van der Waals surface area contributed by atoms with Crippen molar-refractivity contribution in [1.82, 2.24) is 9.88 Å². The smallest absolute Gasteiger partial charge is 0.0706 e. The van der Waals surface area contributed by atoms with Crippen molar-refractivity contribution in [3.63, 3.8) is 0 Å². The third-order valence-electron chi connectivity index (χ3n) is 4.74. The number of ether oxygens (including phenoxy) is 1.